The molecule has 0 amide bonds. The quantitative estimate of drug-likeness (QED) is 0.737. The highest BCUT2D eigenvalue weighted by molar-refractivity contribution is 5.42. The van der Waals surface area contributed by atoms with Gasteiger partial charge in [-0.1, -0.05) is 34.4 Å². The van der Waals surface area contributed by atoms with E-state index in [0.717, 1.165) is 16.9 Å². The number of carbonyl (C=O) groups excluding carboxylic acids is 1. The molecule has 0 saturated heterocycles. The summed E-state index contributed by atoms with van der Waals surface area (Å²) in [6, 6.07) is 5.91. The molecule has 0 heterocycles. The van der Waals surface area contributed by atoms with Crippen LogP contribution in [0, 0.1) is 38.0 Å². The Morgan fingerprint density at radius 1 is 1.08 bits per heavy atom. The second-order valence-corrected chi connectivity index (χ2v) is 3.14. The predicted molar refractivity (Wildman–Crippen MR) is 108 cm³/mol. The average molecular weight is 335 g/mol. The van der Waals surface area contributed by atoms with Crippen LogP contribution in [0.25, 0.3) is 0 Å². The van der Waals surface area contributed by atoms with Gasteiger partial charge < -0.3 is 14.3 Å². The van der Waals surface area contributed by atoms with Gasteiger partial charge in [0.2, 0.25) is 0 Å². The first-order chi connectivity index (χ1) is 10.3. The van der Waals surface area contributed by atoms with E-state index < -0.39 is 0 Å². The first kappa shape index (κ1) is 37.5. The van der Waals surface area contributed by atoms with E-state index in [2.05, 4.69) is 31.6 Å². The summed E-state index contributed by atoms with van der Waals surface area (Å²) in [5.74, 6) is 3.51. The molecule has 0 spiro atoms. The van der Waals surface area contributed by atoms with E-state index in [-0.39, 0.29) is 22.3 Å². The lowest BCUT2D eigenvalue weighted by Crippen LogP contribution is -2.01. The van der Waals surface area contributed by atoms with Crippen LogP contribution < -0.4 is 4.74 Å². The molecule has 1 rings (SSSR count). The zero-order valence-corrected chi connectivity index (χ0v) is 12.7. The van der Waals surface area contributed by atoms with Gasteiger partial charge in [-0.15, -0.1) is 38.0 Å². The molecular formula is C21H34O3. The van der Waals surface area contributed by atoms with E-state index in [1.165, 1.54) is 0 Å². The number of terminal acetylenes is 3. The van der Waals surface area contributed by atoms with Gasteiger partial charge in [0.1, 0.15) is 12.5 Å². The summed E-state index contributed by atoms with van der Waals surface area (Å²) in [6.45, 7) is 5.18. The molecule has 0 bridgehead atoms. The minimum atomic E-state index is 0. The van der Waals surface area contributed by atoms with Crippen molar-refractivity contribution in [1.29, 1.82) is 0 Å². The summed E-state index contributed by atoms with van der Waals surface area (Å²) in [5.41, 5.74) is 2.16. The first-order valence-electron chi connectivity index (χ1n) is 5.95. The highest BCUT2D eigenvalue weighted by Crippen LogP contribution is 2.23. The molecule has 0 unspecified atom stereocenters. The Labute approximate surface area is 150 Å². The third-order valence-electron chi connectivity index (χ3n) is 2.11. The highest BCUT2D eigenvalue weighted by Gasteiger charge is 2.07. The van der Waals surface area contributed by atoms with Crippen LogP contribution in [0.4, 0.5) is 0 Å². The SMILES string of the molecule is C.C.C.C#C.C#C.C#CCc1c(COC)cccc1OCC.C=O. The molecule has 0 N–H and O–H groups in total. The maximum absolute atomic E-state index is 8.00. The normalized spacial score (nSPS) is 6.38. The van der Waals surface area contributed by atoms with Crippen molar-refractivity contribution in [3.05, 3.63) is 29.3 Å². The zero-order valence-electron chi connectivity index (χ0n) is 12.7. The summed E-state index contributed by atoms with van der Waals surface area (Å²) < 4.78 is 10.6. The molecule has 24 heavy (non-hydrogen) atoms. The second-order valence-electron chi connectivity index (χ2n) is 3.14. The summed E-state index contributed by atoms with van der Waals surface area (Å²) in [7, 11) is 1.67. The van der Waals surface area contributed by atoms with Crippen molar-refractivity contribution in [2.75, 3.05) is 13.7 Å². The van der Waals surface area contributed by atoms with Crippen molar-refractivity contribution in [3.8, 4) is 43.8 Å². The Kier molecular flexibility index (Phi) is 50.5. The van der Waals surface area contributed by atoms with E-state index in [1.807, 2.05) is 31.9 Å². The number of methoxy groups -OCH3 is 1. The molecule has 3 nitrogen and oxygen atoms in total. The number of hydrogen-bond donors (Lipinski definition) is 0. The summed E-state index contributed by atoms with van der Waals surface area (Å²) in [6.07, 6.45) is 21.9. The lowest BCUT2D eigenvalue weighted by atomic mass is 10.0. The first-order valence-corrected chi connectivity index (χ1v) is 5.95. The summed E-state index contributed by atoms with van der Waals surface area (Å²) >= 11 is 0. The van der Waals surface area contributed by atoms with Gasteiger partial charge in [0.25, 0.3) is 0 Å². The van der Waals surface area contributed by atoms with E-state index in [1.54, 1.807) is 7.11 Å². The Balaban J connectivity index is -0.0000000811. The van der Waals surface area contributed by atoms with Crippen molar-refractivity contribution in [2.24, 2.45) is 0 Å². The molecule has 0 aliphatic carbocycles. The third kappa shape index (κ3) is 15.7. The monoisotopic (exact) mass is 334 g/mol. The topological polar surface area (TPSA) is 35.5 Å². The molecule has 0 saturated carbocycles. The Morgan fingerprint density at radius 3 is 1.96 bits per heavy atom. The van der Waals surface area contributed by atoms with Gasteiger partial charge in [-0.25, -0.2) is 0 Å². The number of benzene rings is 1. The number of rotatable bonds is 5. The predicted octanol–water partition coefficient (Wildman–Crippen LogP) is 4.63. The van der Waals surface area contributed by atoms with Crippen LogP contribution in [0.2, 0.25) is 0 Å². The molecule has 0 aromatic heterocycles. The second kappa shape index (κ2) is 32.3. The van der Waals surface area contributed by atoms with E-state index in [4.69, 9.17) is 20.7 Å². The zero-order chi connectivity index (χ0) is 17.1. The Hall–Kier alpha value is -2.67. The summed E-state index contributed by atoms with van der Waals surface area (Å²) in [4.78, 5) is 8.00. The molecule has 1 aromatic rings. The van der Waals surface area contributed by atoms with Crippen LogP contribution in [0.15, 0.2) is 18.2 Å². The van der Waals surface area contributed by atoms with E-state index in [0.29, 0.717) is 19.6 Å². The van der Waals surface area contributed by atoms with Crippen molar-refractivity contribution < 1.29 is 14.3 Å². The van der Waals surface area contributed by atoms with Crippen molar-refractivity contribution in [2.45, 2.75) is 42.2 Å². The van der Waals surface area contributed by atoms with Gasteiger partial charge in [-0.05, 0) is 18.6 Å². The van der Waals surface area contributed by atoms with Crippen LogP contribution in [-0.2, 0) is 22.6 Å². The average Bonchev–Trinajstić information content (AvgIpc) is 2.57. The maximum atomic E-state index is 8.00. The fraction of sp³-hybridized carbons (Fsp3) is 0.381. The largest absolute Gasteiger partial charge is 0.494 e. The van der Waals surface area contributed by atoms with E-state index >= 15 is 0 Å². The smallest absolute Gasteiger partial charge is 0.123 e. The van der Waals surface area contributed by atoms with Gasteiger partial charge >= 0.3 is 0 Å². The standard InChI is InChI=1S/C13H16O2.2C2H2.CH2O.3CH4/c1-4-7-12-11(10-14-3)8-6-9-13(12)15-5-2;3*1-2;;;/h1,6,8-9H,5,7,10H2,2-3H3;2*1-2H;1H2;3*1H4. The fourth-order valence-electron chi connectivity index (χ4n) is 1.50. The molecule has 0 fully saturated rings. The third-order valence-corrected chi connectivity index (χ3v) is 2.11. The molecule has 0 atom stereocenters. The van der Waals surface area contributed by atoms with E-state index in [9.17, 15) is 0 Å². The van der Waals surface area contributed by atoms with Gasteiger partial charge in [0, 0.05) is 19.1 Å². The van der Waals surface area contributed by atoms with Crippen molar-refractivity contribution in [1.82, 2.24) is 0 Å². The Bertz CT molecular complexity index is 409. The molecule has 1 aromatic carbocycles. The number of hydrogen-bond acceptors (Lipinski definition) is 3. The summed E-state index contributed by atoms with van der Waals surface area (Å²) in [5, 5.41) is 0. The van der Waals surface area contributed by atoms with Crippen LogP contribution in [0.1, 0.15) is 40.3 Å². The number of carbonyl (C=O) groups is 1. The van der Waals surface area contributed by atoms with Crippen molar-refractivity contribution >= 4 is 6.79 Å². The van der Waals surface area contributed by atoms with Gasteiger partial charge in [-0.2, -0.15) is 0 Å². The number of ether oxygens (including phenoxy) is 2. The highest BCUT2D eigenvalue weighted by atomic mass is 16.5. The Morgan fingerprint density at radius 2 is 1.58 bits per heavy atom. The minimum absolute atomic E-state index is 0. The molecule has 0 aliphatic rings. The van der Waals surface area contributed by atoms with Crippen LogP contribution in [-0.4, -0.2) is 20.5 Å². The van der Waals surface area contributed by atoms with Crippen molar-refractivity contribution in [3.63, 3.8) is 0 Å². The molecule has 0 aliphatic heterocycles. The fourth-order valence-corrected chi connectivity index (χ4v) is 1.50. The van der Waals surface area contributed by atoms with Crippen LogP contribution >= 0.6 is 0 Å². The van der Waals surface area contributed by atoms with Gasteiger partial charge in [-0.3, -0.25) is 0 Å². The molecule has 0 radical (unpaired) electrons. The molecular weight excluding hydrogens is 300 g/mol. The molecule has 3 heteroatoms. The van der Waals surface area contributed by atoms with Gasteiger partial charge in [0.15, 0.2) is 0 Å². The van der Waals surface area contributed by atoms with Crippen LogP contribution in [0.5, 0.6) is 5.75 Å². The lowest BCUT2D eigenvalue weighted by Gasteiger charge is -2.12. The van der Waals surface area contributed by atoms with Crippen LogP contribution in [0.3, 0.4) is 0 Å². The lowest BCUT2D eigenvalue weighted by molar-refractivity contribution is -0.0979. The minimum Gasteiger partial charge on any atom is -0.494 e. The maximum Gasteiger partial charge on any atom is 0.123 e. The molecule has 136 valence electrons. The van der Waals surface area contributed by atoms with Gasteiger partial charge in [0.05, 0.1) is 13.2 Å².